The number of nitrogens with zero attached hydrogens (tertiary/aromatic N) is 3. The van der Waals surface area contributed by atoms with Crippen LogP contribution in [-0.4, -0.2) is 92.8 Å². The lowest BCUT2D eigenvalue weighted by atomic mass is 10.1. The Bertz CT molecular complexity index is 994. The van der Waals surface area contributed by atoms with Crippen molar-refractivity contribution in [3.8, 4) is 0 Å². The van der Waals surface area contributed by atoms with Crippen LogP contribution in [0.5, 0.6) is 0 Å². The number of amides is 4. The summed E-state index contributed by atoms with van der Waals surface area (Å²) in [6, 6.07) is -4.54. The number of likely N-dealkylation sites (tertiary alicyclic amines) is 1. The molecular weight excluding hydrogens is 488 g/mol. The highest BCUT2D eigenvalue weighted by Gasteiger charge is 2.38. The molecule has 37 heavy (non-hydrogen) atoms. The molecule has 2 heterocycles. The molecule has 4 amide bonds. The zero-order valence-corrected chi connectivity index (χ0v) is 20.3. The average molecular weight is 523 g/mol. The van der Waals surface area contributed by atoms with Gasteiger partial charge in [-0.2, -0.15) is 0 Å². The van der Waals surface area contributed by atoms with Crippen LogP contribution in [0.1, 0.15) is 37.8 Å². The molecule has 16 nitrogen and oxygen atoms in total. The van der Waals surface area contributed by atoms with E-state index in [1.807, 2.05) is 0 Å². The number of aliphatic carboxylic acids is 1. The molecule has 0 aliphatic carbocycles. The molecule has 1 fully saturated rings. The van der Waals surface area contributed by atoms with Crippen LogP contribution >= 0.6 is 0 Å². The van der Waals surface area contributed by atoms with Crippen molar-refractivity contribution in [3.05, 3.63) is 18.2 Å². The van der Waals surface area contributed by atoms with Gasteiger partial charge >= 0.3 is 5.97 Å². The Morgan fingerprint density at radius 1 is 1.19 bits per heavy atom. The molecule has 4 unspecified atom stereocenters. The Morgan fingerprint density at radius 2 is 1.92 bits per heavy atom. The Balaban J connectivity index is 2.12. The molecular formula is C21H34N10O6. The molecule has 16 heteroatoms. The van der Waals surface area contributed by atoms with E-state index in [-0.39, 0.29) is 44.7 Å². The van der Waals surface area contributed by atoms with Crippen molar-refractivity contribution in [2.75, 3.05) is 13.1 Å². The van der Waals surface area contributed by atoms with E-state index in [0.29, 0.717) is 18.5 Å². The second-order valence-corrected chi connectivity index (χ2v) is 8.66. The number of guanidine groups is 1. The molecule has 1 aliphatic rings. The molecule has 204 valence electrons. The first-order valence-corrected chi connectivity index (χ1v) is 11.7. The molecule has 4 atom stereocenters. The molecule has 0 spiro atoms. The van der Waals surface area contributed by atoms with Gasteiger partial charge in [0.1, 0.15) is 18.1 Å². The molecule has 0 radical (unpaired) electrons. The van der Waals surface area contributed by atoms with Crippen LogP contribution in [0, 0.1) is 0 Å². The van der Waals surface area contributed by atoms with Gasteiger partial charge in [-0.3, -0.25) is 24.2 Å². The van der Waals surface area contributed by atoms with Crippen molar-refractivity contribution in [1.82, 2.24) is 25.5 Å². The van der Waals surface area contributed by atoms with E-state index >= 15 is 0 Å². The second kappa shape index (κ2) is 13.8. The van der Waals surface area contributed by atoms with Crippen LogP contribution in [-0.2, 0) is 30.4 Å². The Labute approximate surface area is 212 Å². The molecule has 12 N–H and O–H groups in total. The van der Waals surface area contributed by atoms with E-state index in [4.69, 9.17) is 22.9 Å². The maximum atomic E-state index is 13.1. The number of hydrogen-bond donors (Lipinski definition) is 8. The number of primary amides is 1. The normalized spacial score (nSPS) is 17.3. The van der Waals surface area contributed by atoms with Gasteiger partial charge in [0.15, 0.2) is 5.96 Å². The fourth-order valence-electron chi connectivity index (χ4n) is 3.95. The van der Waals surface area contributed by atoms with Gasteiger partial charge in [-0.25, -0.2) is 9.78 Å². The predicted molar refractivity (Wildman–Crippen MR) is 130 cm³/mol. The van der Waals surface area contributed by atoms with Crippen molar-refractivity contribution in [3.63, 3.8) is 0 Å². The summed E-state index contributed by atoms with van der Waals surface area (Å²) in [5.74, 6) is -4.09. The summed E-state index contributed by atoms with van der Waals surface area (Å²) >= 11 is 0. The van der Waals surface area contributed by atoms with Gasteiger partial charge in [0.2, 0.25) is 23.6 Å². The number of hydrogen-bond acceptors (Lipinski definition) is 8. The topological polar surface area (TPSA) is 278 Å². The van der Waals surface area contributed by atoms with Crippen molar-refractivity contribution in [1.29, 1.82) is 0 Å². The van der Waals surface area contributed by atoms with E-state index in [9.17, 15) is 29.1 Å². The number of carboxylic acids is 1. The zero-order valence-electron chi connectivity index (χ0n) is 20.3. The summed E-state index contributed by atoms with van der Waals surface area (Å²) in [7, 11) is 0. The predicted octanol–water partition coefficient (Wildman–Crippen LogP) is -3.75. The fourth-order valence-corrected chi connectivity index (χ4v) is 3.95. The first kappa shape index (κ1) is 29.0. The molecule has 0 bridgehead atoms. The smallest absolute Gasteiger partial charge is 0.326 e. The van der Waals surface area contributed by atoms with E-state index < -0.39 is 53.8 Å². The number of aliphatic imine (C=N–C) groups is 1. The van der Waals surface area contributed by atoms with Crippen LogP contribution in [0.2, 0.25) is 0 Å². The van der Waals surface area contributed by atoms with Crippen LogP contribution < -0.4 is 33.6 Å². The highest BCUT2D eigenvalue weighted by molar-refractivity contribution is 5.95. The average Bonchev–Trinajstić information content (AvgIpc) is 3.51. The number of carbonyl (C=O) groups excluding carboxylic acids is 4. The molecule has 2 rings (SSSR count). The Hall–Kier alpha value is -4.21. The number of aromatic amines is 1. The highest BCUT2D eigenvalue weighted by Crippen LogP contribution is 2.19. The Morgan fingerprint density at radius 3 is 2.51 bits per heavy atom. The first-order valence-electron chi connectivity index (χ1n) is 11.7. The monoisotopic (exact) mass is 522 g/mol. The maximum Gasteiger partial charge on any atom is 0.326 e. The largest absolute Gasteiger partial charge is 0.480 e. The lowest BCUT2D eigenvalue weighted by molar-refractivity contribution is -0.143. The summed E-state index contributed by atoms with van der Waals surface area (Å²) in [4.78, 5) is 73.5. The SMILES string of the molecule is NC(=O)CC(N)C(=O)N1CCCC1C(=O)NC(Cc1cnc[nH]1)C(=O)NC(CCCN=C(N)N)C(=O)O. The highest BCUT2D eigenvalue weighted by atomic mass is 16.4. The number of nitrogens with one attached hydrogen (secondary N) is 3. The summed E-state index contributed by atoms with van der Waals surface area (Å²) in [6.07, 6.45) is 3.65. The third-order valence-electron chi connectivity index (χ3n) is 5.75. The summed E-state index contributed by atoms with van der Waals surface area (Å²) in [6.45, 7) is 0.428. The number of rotatable bonds is 14. The van der Waals surface area contributed by atoms with Crippen molar-refractivity contribution in [2.45, 2.75) is 62.7 Å². The molecule has 0 aromatic carbocycles. The van der Waals surface area contributed by atoms with Crippen LogP contribution in [0.4, 0.5) is 0 Å². The molecule has 1 saturated heterocycles. The van der Waals surface area contributed by atoms with E-state index in [1.54, 1.807) is 0 Å². The number of aromatic nitrogens is 2. The van der Waals surface area contributed by atoms with Crippen LogP contribution in [0.15, 0.2) is 17.5 Å². The van der Waals surface area contributed by atoms with Crippen LogP contribution in [0.3, 0.4) is 0 Å². The van der Waals surface area contributed by atoms with Gasteiger partial charge in [-0.05, 0) is 25.7 Å². The molecule has 1 aliphatic heterocycles. The van der Waals surface area contributed by atoms with Gasteiger partial charge < -0.3 is 48.6 Å². The number of imidazole rings is 1. The lowest BCUT2D eigenvalue weighted by Gasteiger charge is -2.28. The van der Waals surface area contributed by atoms with Crippen molar-refractivity contribution in [2.24, 2.45) is 27.9 Å². The number of nitrogens with two attached hydrogens (primary N) is 4. The minimum atomic E-state index is -1.26. The quantitative estimate of drug-likeness (QED) is 0.0671. The van der Waals surface area contributed by atoms with Gasteiger partial charge in [0.25, 0.3) is 0 Å². The molecule has 1 aromatic heterocycles. The van der Waals surface area contributed by atoms with Gasteiger partial charge in [-0.1, -0.05) is 0 Å². The Kier molecular flexibility index (Phi) is 10.8. The van der Waals surface area contributed by atoms with Crippen LogP contribution in [0.25, 0.3) is 0 Å². The number of carboxylic acid groups (broad SMARTS) is 1. The third kappa shape index (κ3) is 9.06. The van der Waals surface area contributed by atoms with Gasteiger partial charge in [0, 0.05) is 31.4 Å². The molecule has 0 saturated carbocycles. The minimum Gasteiger partial charge on any atom is -0.480 e. The first-order chi connectivity index (χ1) is 17.5. The standard InChI is InChI=1S/C21H34N10O6/c22-12(8-16(23)32)19(35)31-6-2-4-15(31)18(34)30-14(7-11-9-26-10-28-11)17(33)29-13(20(36)37)3-1-5-27-21(24)25/h9-10,12-15H,1-8,22H2,(H2,23,32)(H,26,28)(H,29,33)(H,30,34)(H,36,37)(H4,24,25,27). The zero-order chi connectivity index (χ0) is 27.5. The second-order valence-electron chi connectivity index (χ2n) is 8.66. The maximum absolute atomic E-state index is 13.1. The van der Waals surface area contributed by atoms with E-state index in [2.05, 4.69) is 25.6 Å². The van der Waals surface area contributed by atoms with E-state index in [1.165, 1.54) is 17.4 Å². The van der Waals surface area contributed by atoms with Gasteiger partial charge in [0.05, 0.1) is 18.8 Å². The van der Waals surface area contributed by atoms with Crippen molar-refractivity contribution < 1.29 is 29.1 Å². The number of carbonyl (C=O) groups is 5. The van der Waals surface area contributed by atoms with E-state index in [0.717, 1.165) is 0 Å². The van der Waals surface area contributed by atoms with Crippen molar-refractivity contribution >= 4 is 35.6 Å². The summed E-state index contributed by atoms with van der Waals surface area (Å²) in [5, 5.41) is 14.6. The van der Waals surface area contributed by atoms with Gasteiger partial charge in [-0.15, -0.1) is 0 Å². The summed E-state index contributed by atoms with van der Waals surface area (Å²) in [5.41, 5.74) is 21.9. The lowest BCUT2D eigenvalue weighted by Crippen LogP contribution is -2.57. The number of H-pyrrole nitrogens is 1. The third-order valence-corrected chi connectivity index (χ3v) is 5.75. The summed E-state index contributed by atoms with van der Waals surface area (Å²) < 4.78 is 0. The molecule has 1 aromatic rings. The minimum absolute atomic E-state index is 0.0141. The fraction of sp³-hybridized carbons (Fsp3) is 0.571.